The van der Waals surface area contributed by atoms with E-state index in [4.69, 9.17) is 0 Å². The molecule has 1 aliphatic carbocycles. The number of nitrogens with one attached hydrogen (secondary N) is 2. The van der Waals surface area contributed by atoms with Gasteiger partial charge in [0.15, 0.2) is 0 Å². The molecule has 1 saturated heterocycles. The number of hydrogen-bond donors (Lipinski definition) is 2. The number of thioether (sulfide) groups is 1. The van der Waals surface area contributed by atoms with Crippen molar-refractivity contribution in [3.8, 4) is 0 Å². The molecule has 2 aliphatic rings. The van der Waals surface area contributed by atoms with Gasteiger partial charge in [0.05, 0.1) is 22.3 Å². The van der Waals surface area contributed by atoms with Gasteiger partial charge in [-0.25, -0.2) is 4.98 Å². The summed E-state index contributed by atoms with van der Waals surface area (Å²) in [5.41, 5.74) is 0.557. The summed E-state index contributed by atoms with van der Waals surface area (Å²) in [5.74, 6) is 2.30. The van der Waals surface area contributed by atoms with Crippen molar-refractivity contribution in [1.29, 1.82) is 0 Å². The van der Waals surface area contributed by atoms with Crippen molar-refractivity contribution in [3.05, 3.63) is 30.2 Å². The van der Waals surface area contributed by atoms with E-state index in [0.29, 0.717) is 11.8 Å². The van der Waals surface area contributed by atoms with Crippen LogP contribution in [-0.2, 0) is 10.3 Å². The van der Waals surface area contributed by atoms with Crippen LogP contribution in [0.25, 0.3) is 5.52 Å². The second-order valence-electron chi connectivity index (χ2n) is 7.04. The molecule has 3 heterocycles. The Morgan fingerprint density at radius 3 is 2.83 bits per heavy atom. The number of aromatic nitrogens is 2. The Kier molecular flexibility index (Phi) is 3.43. The van der Waals surface area contributed by atoms with Crippen molar-refractivity contribution in [1.82, 2.24) is 20.0 Å². The first-order valence-electron chi connectivity index (χ1n) is 8.06. The minimum atomic E-state index is -0.500. The van der Waals surface area contributed by atoms with E-state index in [9.17, 15) is 4.79 Å². The van der Waals surface area contributed by atoms with Gasteiger partial charge < -0.3 is 10.6 Å². The lowest BCUT2D eigenvalue weighted by Crippen LogP contribution is -2.44. The van der Waals surface area contributed by atoms with Crippen molar-refractivity contribution in [3.63, 3.8) is 0 Å². The van der Waals surface area contributed by atoms with Gasteiger partial charge in [-0.05, 0) is 57.2 Å². The van der Waals surface area contributed by atoms with Crippen molar-refractivity contribution in [2.75, 3.05) is 19.3 Å². The lowest BCUT2D eigenvalue weighted by Gasteiger charge is -2.26. The van der Waals surface area contributed by atoms with Gasteiger partial charge in [0.25, 0.3) is 0 Å². The van der Waals surface area contributed by atoms with Gasteiger partial charge in [0.2, 0.25) is 5.91 Å². The van der Waals surface area contributed by atoms with Crippen molar-refractivity contribution in [2.24, 2.45) is 17.8 Å². The summed E-state index contributed by atoms with van der Waals surface area (Å²) in [7, 11) is 0. The fourth-order valence-electron chi connectivity index (χ4n) is 3.87. The molecule has 0 spiro atoms. The number of carbonyl (C=O) groups excluding carboxylic acids is 1. The van der Waals surface area contributed by atoms with Crippen LogP contribution in [0.15, 0.2) is 29.4 Å². The maximum absolute atomic E-state index is 12.6. The molecule has 2 N–H and O–H groups in total. The maximum Gasteiger partial charge on any atom is 0.224 e. The van der Waals surface area contributed by atoms with Gasteiger partial charge in [0.1, 0.15) is 5.82 Å². The van der Waals surface area contributed by atoms with Crippen LogP contribution in [0.2, 0.25) is 0 Å². The minimum Gasteiger partial charge on any atom is -0.344 e. The summed E-state index contributed by atoms with van der Waals surface area (Å²) in [6.45, 7) is 6.03. The van der Waals surface area contributed by atoms with Crippen LogP contribution in [0, 0.1) is 17.8 Å². The first-order valence-corrected chi connectivity index (χ1v) is 9.29. The molecule has 1 saturated carbocycles. The fourth-order valence-corrected chi connectivity index (χ4v) is 4.46. The number of imidazole rings is 1. The molecule has 4 rings (SSSR count). The predicted molar refractivity (Wildman–Crippen MR) is 91.5 cm³/mol. The van der Waals surface area contributed by atoms with E-state index in [1.165, 1.54) is 0 Å². The van der Waals surface area contributed by atoms with Gasteiger partial charge >= 0.3 is 0 Å². The van der Waals surface area contributed by atoms with Gasteiger partial charge in [0, 0.05) is 5.92 Å². The Bertz CT molecular complexity index is 759. The molecule has 23 heavy (non-hydrogen) atoms. The molecule has 2 aromatic rings. The highest BCUT2D eigenvalue weighted by Crippen LogP contribution is 2.49. The molecule has 0 radical (unpaired) electrons. The Morgan fingerprint density at radius 2 is 2.13 bits per heavy atom. The molecule has 6 heteroatoms. The molecule has 2 aromatic heterocycles. The standard InChI is InChI=1S/C17H22N4OS/c1-17(2,20-15(22)14-11-8-18-9-12(11)14)16-19-7-10-5-4-6-13(23-3)21(10)16/h4-7,11-12,14,18H,8-9H2,1-3H3,(H,20,22)/t11-,12+,14?. The van der Waals surface area contributed by atoms with Crippen LogP contribution < -0.4 is 10.6 Å². The van der Waals surface area contributed by atoms with Gasteiger partial charge in [-0.15, -0.1) is 11.8 Å². The number of rotatable bonds is 4. The smallest absolute Gasteiger partial charge is 0.224 e. The highest BCUT2D eigenvalue weighted by Gasteiger charge is 2.57. The topological polar surface area (TPSA) is 58.4 Å². The van der Waals surface area contributed by atoms with E-state index < -0.39 is 5.54 Å². The number of piperidine rings is 1. The molecule has 0 bridgehead atoms. The Hall–Kier alpha value is -1.53. The molecule has 5 nitrogen and oxygen atoms in total. The van der Waals surface area contributed by atoms with Crippen LogP contribution in [0.5, 0.6) is 0 Å². The van der Waals surface area contributed by atoms with Crippen LogP contribution >= 0.6 is 11.8 Å². The third-order valence-electron chi connectivity index (χ3n) is 5.11. The molecule has 1 aliphatic heterocycles. The van der Waals surface area contributed by atoms with Gasteiger partial charge in [-0.2, -0.15) is 0 Å². The number of amides is 1. The average Bonchev–Trinajstić information content (AvgIpc) is 2.91. The normalized spacial score (nSPS) is 26.3. The molecule has 122 valence electrons. The Morgan fingerprint density at radius 1 is 1.39 bits per heavy atom. The number of carbonyl (C=O) groups is 1. The SMILES string of the molecule is CSc1cccc2cnc(C(C)(C)NC(=O)C3[C@H]4CNC[C@@H]34)n12. The first-order chi connectivity index (χ1) is 11.0. The van der Waals surface area contributed by atoms with E-state index in [2.05, 4.69) is 32.3 Å². The quantitative estimate of drug-likeness (QED) is 0.841. The number of nitrogens with zero attached hydrogens (tertiary/aromatic N) is 2. The van der Waals surface area contributed by atoms with Crippen molar-refractivity contribution >= 4 is 23.2 Å². The number of fused-ring (bicyclic) bond motifs is 2. The zero-order valence-electron chi connectivity index (χ0n) is 13.7. The fraction of sp³-hybridized carbons (Fsp3) is 0.529. The second kappa shape index (κ2) is 5.24. The average molecular weight is 330 g/mol. The first kappa shape index (κ1) is 15.0. The summed E-state index contributed by atoms with van der Waals surface area (Å²) in [6, 6.07) is 6.17. The summed E-state index contributed by atoms with van der Waals surface area (Å²) in [4.78, 5) is 17.2. The van der Waals surface area contributed by atoms with Crippen molar-refractivity contribution < 1.29 is 4.79 Å². The molecule has 1 unspecified atom stereocenters. The lowest BCUT2D eigenvalue weighted by atomic mass is 10.0. The molecule has 0 aromatic carbocycles. The van der Waals surface area contributed by atoms with Gasteiger partial charge in [-0.1, -0.05) is 6.07 Å². The van der Waals surface area contributed by atoms with Crippen LogP contribution in [0.3, 0.4) is 0 Å². The molecule has 3 atom stereocenters. The van der Waals surface area contributed by atoms with E-state index in [0.717, 1.165) is 29.5 Å². The van der Waals surface area contributed by atoms with Crippen LogP contribution in [0.4, 0.5) is 0 Å². The minimum absolute atomic E-state index is 0.171. The third kappa shape index (κ3) is 2.35. The largest absolute Gasteiger partial charge is 0.344 e. The summed E-state index contributed by atoms with van der Waals surface area (Å²) < 4.78 is 2.14. The zero-order chi connectivity index (χ0) is 16.2. The van der Waals surface area contributed by atoms with E-state index >= 15 is 0 Å². The molecule has 2 fully saturated rings. The number of hydrogen-bond acceptors (Lipinski definition) is 4. The summed E-state index contributed by atoms with van der Waals surface area (Å²) in [6.07, 6.45) is 3.93. The predicted octanol–water partition coefficient (Wildman–Crippen LogP) is 1.87. The second-order valence-corrected chi connectivity index (χ2v) is 7.86. The summed E-state index contributed by atoms with van der Waals surface area (Å²) in [5, 5.41) is 7.70. The summed E-state index contributed by atoms with van der Waals surface area (Å²) >= 11 is 1.69. The van der Waals surface area contributed by atoms with Crippen molar-refractivity contribution in [2.45, 2.75) is 24.4 Å². The maximum atomic E-state index is 12.6. The zero-order valence-corrected chi connectivity index (χ0v) is 14.5. The van der Waals surface area contributed by atoms with E-state index in [1.807, 2.05) is 32.2 Å². The number of pyridine rings is 1. The molecule has 1 amide bonds. The van der Waals surface area contributed by atoms with E-state index in [1.54, 1.807) is 11.8 Å². The highest BCUT2D eigenvalue weighted by atomic mass is 32.2. The monoisotopic (exact) mass is 330 g/mol. The molecular formula is C17H22N4OS. The Labute approximate surface area is 140 Å². The highest BCUT2D eigenvalue weighted by molar-refractivity contribution is 7.98. The third-order valence-corrected chi connectivity index (χ3v) is 5.85. The van der Waals surface area contributed by atoms with E-state index in [-0.39, 0.29) is 11.8 Å². The van der Waals surface area contributed by atoms with Crippen LogP contribution in [0.1, 0.15) is 19.7 Å². The lowest BCUT2D eigenvalue weighted by molar-refractivity contribution is -0.124. The van der Waals surface area contributed by atoms with Crippen LogP contribution in [-0.4, -0.2) is 34.6 Å². The molecular weight excluding hydrogens is 308 g/mol. The van der Waals surface area contributed by atoms with Gasteiger partial charge in [-0.3, -0.25) is 9.20 Å². The Balaban J connectivity index is 1.62.